The van der Waals surface area contributed by atoms with Gasteiger partial charge in [0.1, 0.15) is 5.75 Å². The van der Waals surface area contributed by atoms with E-state index < -0.39 is 0 Å². The Bertz CT molecular complexity index is 469. The number of rotatable bonds is 5. The average Bonchev–Trinajstić information content (AvgIpc) is 2.34. The van der Waals surface area contributed by atoms with Crippen molar-refractivity contribution in [2.24, 2.45) is 0 Å². The van der Waals surface area contributed by atoms with Gasteiger partial charge in [0.2, 0.25) is 5.91 Å². The molecular formula is C15H23BrN2O2. The molecule has 0 aliphatic rings. The van der Waals surface area contributed by atoms with Crippen molar-refractivity contribution in [1.29, 1.82) is 0 Å². The van der Waals surface area contributed by atoms with Crippen molar-refractivity contribution in [3.05, 3.63) is 28.2 Å². The van der Waals surface area contributed by atoms with Gasteiger partial charge in [-0.3, -0.25) is 4.79 Å². The minimum Gasteiger partial charge on any atom is -0.496 e. The maximum absolute atomic E-state index is 11.9. The van der Waals surface area contributed by atoms with Crippen LogP contribution < -0.4 is 15.4 Å². The van der Waals surface area contributed by atoms with Crippen molar-refractivity contribution < 1.29 is 9.53 Å². The average molecular weight is 343 g/mol. The molecule has 112 valence electrons. The number of ether oxygens (including phenoxy) is 1. The number of methoxy groups -OCH3 is 1. The SMILES string of the molecule is COc1ccc(CNC(C)C(=O)NC(C)(C)C)cc1Br. The largest absolute Gasteiger partial charge is 0.496 e. The quantitative estimate of drug-likeness (QED) is 0.864. The van der Waals surface area contributed by atoms with Gasteiger partial charge in [-0.05, 0) is 61.3 Å². The second kappa shape index (κ2) is 7.09. The normalized spacial score (nSPS) is 12.9. The van der Waals surface area contributed by atoms with E-state index in [4.69, 9.17) is 4.74 Å². The lowest BCUT2D eigenvalue weighted by Crippen LogP contribution is -2.49. The molecule has 0 saturated carbocycles. The summed E-state index contributed by atoms with van der Waals surface area (Å²) in [6, 6.07) is 5.63. The van der Waals surface area contributed by atoms with E-state index in [2.05, 4.69) is 26.6 Å². The van der Waals surface area contributed by atoms with Crippen molar-refractivity contribution in [2.75, 3.05) is 7.11 Å². The smallest absolute Gasteiger partial charge is 0.237 e. The summed E-state index contributed by atoms with van der Waals surface area (Å²) in [5, 5.41) is 6.17. The van der Waals surface area contributed by atoms with E-state index in [1.54, 1.807) is 7.11 Å². The molecule has 20 heavy (non-hydrogen) atoms. The molecule has 2 N–H and O–H groups in total. The van der Waals surface area contributed by atoms with Crippen LogP contribution in [0.3, 0.4) is 0 Å². The first-order valence-corrected chi connectivity index (χ1v) is 7.40. The second-order valence-electron chi connectivity index (χ2n) is 5.81. The molecule has 1 aromatic carbocycles. The first-order chi connectivity index (χ1) is 9.23. The van der Waals surface area contributed by atoms with Crippen LogP contribution >= 0.6 is 15.9 Å². The lowest BCUT2D eigenvalue weighted by Gasteiger charge is -2.23. The lowest BCUT2D eigenvalue weighted by atomic mass is 10.1. The minimum atomic E-state index is -0.241. The summed E-state index contributed by atoms with van der Waals surface area (Å²) in [5.74, 6) is 0.803. The highest BCUT2D eigenvalue weighted by atomic mass is 79.9. The van der Waals surface area contributed by atoms with Gasteiger partial charge in [0, 0.05) is 12.1 Å². The maximum Gasteiger partial charge on any atom is 0.237 e. The van der Waals surface area contributed by atoms with Crippen LogP contribution in [0, 0.1) is 0 Å². The summed E-state index contributed by atoms with van der Waals surface area (Å²) < 4.78 is 6.10. The number of carbonyl (C=O) groups is 1. The van der Waals surface area contributed by atoms with Crippen molar-refractivity contribution in [3.8, 4) is 5.75 Å². The zero-order valence-electron chi connectivity index (χ0n) is 12.7. The van der Waals surface area contributed by atoms with Gasteiger partial charge in [0.15, 0.2) is 0 Å². The summed E-state index contributed by atoms with van der Waals surface area (Å²) in [6.45, 7) is 8.40. The summed E-state index contributed by atoms with van der Waals surface area (Å²) in [5.41, 5.74) is 0.879. The molecule has 0 aliphatic heterocycles. The highest BCUT2D eigenvalue weighted by Gasteiger charge is 2.18. The molecule has 0 aromatic heterocycles. The molecule has 1 rings (SSSR count). The van der Waals surface area contributed by atoms with Gasteiger partial charge in [-0.15, -0.1) is 0 Å². The summed E-state index contributed by atoms with van der Waals surface area (Å²) in [4.78, 5) is 11.9. The minimum absolute atomic E-state index is 0.00470. The van der Waals surface area contributed by atoms with Crippen LogP contribution in [-0.2, 0) is 11.3 Å². The van der Waals surface area contributed by atoms with E-state index in [-0.39, 0.29) is 17.5 Å². The standard InChI is InChI=1S/C15H23BrN2O2/c1-10(14(19)18-15(2,3)4)17-9-11-6-7-13(20-5)12(16)8-11/h6-8,10,17H,9H2,1-5H3,(H,18,19). The zero-order chi connectivity index (χ0) is 15.3. The number of halogens is 1. The van der Waals surface area contributed by atoms with Crippen LogP contribution in [-0.4, -0.2) is 24.6 Å². The molecule has 5 heteroatoms. The third-order valence-corrected chi connectivity index (χ3v) is 3.34. The molecule has 4 nitrogen and oxygen atoms in total. The van der Waals surface area contributed by atoms with Crippen molar-refractivity contribution in [1.82, 2.24) is 10.6 Å². The molecule has 0 aliphatic carbocycles. The van der Waals surface area contributed by atoms with Gasteiger partial charge in [-0.25, -0.2) is 0 Å². The number of carbonyl (C=O) groups excluding carboxylic acids is 1. The zero-order valence-corrected chi connectivity index (χ0v) is 14.3. The molecule has 1 unspecified atom stereocenters. The fraction of sp³-hybridized carbons (Fsp3) is 0.533. The molecule has 0 fully saturated rings. The van der Waals surface area contributed by atoms with Crippen molar-refractivity contribution in [2.45, 2.75) is 45.8 Å². The van der Waals surface area contributed by atoms with Crippen LogP contribution in [0.1, 0.15) is 33.3 Å². The molecular weight excluding hydrogens is 320 g/mol. The van der Waals surface area contributed by atoms with E-state index >= 15 is 0 Å². The van der Waals surface area contributed by atoms with Crippen LogP contribution in [0.4, 0.5) is 0 Å². The first-order valence-electron chi connectivity index (χ1n) is 6.61. The maximum atomic E-state index is 11.9. The molecule has 1 amide bonds. The molecule has 1 aromatic rings. The highest BCUT2D eigenvalue weighted by molar-refractivity contribution is 9.10. The predicted molar refractivity (Wildman–Crippen MR) is 84.9 cm³/mol. The lowest BCUT2D eigenvalue weighted by molar-refractivity contribution is -0.124. The van der Waals surface area contributed by atoms with Gasteiger partial charge in [-0.1, -0.05) is 6.07 Å². The van der Waals surface area contributed by atoms with Gasteiger partial charge in [0.05, 0.1) is 17.6 Å². The Balaban J connectivity index is 2.54. The number of nitrogens with one attached hydrogen (secondary N) is 2. The third kappa shape index (κ3) is 5.51. The Morgan fingerprint density at radius 1 is 1.40 bits per heavy atom. The number of hydrogen-bond acceptors (Lipinski definition) is 3. The summed E-state index contributed by atoms with van der Waals surface area (Å²) in [6.07, 6.45) is 0. The Morgan fingerprint density at radius 2 is 2.05 bits per heavy atom. The van der Waals surface area contributed by atoms with E-state index in [0.717, 1.165) is 15.8 Å². The Labute approximate surface area is 129 Å². The molecule has 0 spiro atoms. The van der Waals surface area contributed by atoms with E-state index in [9.17, 15) is 4.79 Å². The van der Waals surface area contributed by atoms with E-state index in [1.165, 1.54) is 0 Å². The molecule has 0 heterocycles. The Kier molecular flexibility index (Phi) is 6.02. The topological polar surface area (TPSA) is 50.4 Å². The van der Waals surface area contributed by atoms with Gasteiger partial charge in [0.25, 0.3) is 0 Å². The highest BCUT2D eigenvalue weighted by Crippen LogP contribution is 2.25. The van der Waals surface area contributed by atoms with Gasteiger partial charge >= 0.3 is 0 Å². The molecule has 0 saturated heterocycles. The number of hydrogen-bond donors (Lipinski definition) is 2. The van der Waals surface area contributed by atoms with Gasteiger partial charge in [-0.2, -0.15) is 0 Å². The van der Waals surface area contributed by atoms with E-state index in [0.29, 0.717) is 6.54 Å². The van der Waals surface area contributed by atoms with Gasteiger partial charge < -0.3 is 15.4 Å². The fourth-order valence-electron chi connectivity index (χ4n) is 1.66. The third-order valence-electron chi connectivity index (χ3n) is 2.72. The number of benzene rings is 1. The van der Waals surface area contributed by atoms with Crippen LogP contribution in [0.25, 0.3) is 0 Å². The fourth-order valence-corrected chi connectivity index (χ4v) is 2.25. The summed E-state index contributed by atoms with van der Waals surface area (Å²) in [7, 11) is 1.64. The second-order valence-corrected chi connectivity index (χ2v) is 6.67. The van der Waals surface area contributed by atoms with Crippen LogP contribution in [0.5, 0.6) is 5.75 Å². The summed E-state index contributed by atoms with van der Waals surface area (Å²) >= 11 is 3.45. The monoisotopic (exact) mass is 342 g/mol. The Hall–Kier alpha value is -1.07. The first kappa shape index (κ1) is 17.0. The molecule has 0 radical (unpaired) electrons. The van der Waals surface area contributed by atoms with Crippen LogP contribution in [0.2, 0.25) is 0 Å². The van der Waals surface area contributed by atoms with Crippen molar-refractivity contribution in [3.63, 3.8) is 0 Å². The molecule has 1 atom stereocenters. The van der Waals surface area contributed by atoms with E-state index in [1.807, 2.05) is 45.9 Å². The predicted octanol–water partition coefficient (Wildman–Crippen LogP) is 2.85. The van der Waals surface area contributed by atoms with Crippen LogP contribution in [0.15, 0.2) is 22.7 Å². The molecule has 0 bridgehead atoms. The van der Waals surface area contributed by atoms with Crippen molar-refractivity contribution >= 4 is 21.8 Å². The Morgan fingerprint density at radius 3 is 2.55 bits per heavy atom. The number of amides is 1.